The Labute approximate surface area is 185 Å². The number of carbonyl (C=O) groups is 1. The van der Waals surface area contributed by atoms with Crippen LogP contribution in [0.4, 0.5) is 10.2 Å². The number of nitrogens with one attached hydrogen (secondary N) is 2. The molecule has 3 atom stereocenters. The number of fused-ring (bicyclic) bond motifs is 5. The zero-order valence-electron chi connectivity index (χ0n) is 18.4. The minimum atomic E-state index is -0.355. The number of aromatic nitrogens is 3. The van der Waals surface area contributed by atoms with Crippen LogP contribution in [0.2, 0.25) is 0 Å². The molecule has 5 rings (SSSR count). The van der Waals surface area contributed by atoms with Crippen molar-refractivity contribution in [3.8, 4) is 11.3 Å². The van der Waals surface area contributed by atoms with Crippen LogP contribution in [0.5, 0.6) is 0 Å². The first-order valence-electron chi connectivity index (χ1n) is 10.8. The van der Waals surface area contributed by atoms with E-state index in [0.29, 0.717) is 48.6 Å². The summed E-state index contributed by atoms with van der Waals surface area (Å²) in [5, 5.41) is 6.74. The highest BCUT2D eigenvalue weighted by Crippen LogP contribution is 2.31. The summed E-state index contributed by atoms with van der Waals surface area (Å²) >= 11 is 0. The van der Waals surface area contributed by atoms with E-state index in [-0.39, 0.29) is 29.9 Å². The van der Waals surface area contributed by atoms with Crippen LogP contribution in [0.15, 0.2) is 30.3 Å². The van der Waals surface area contributed by atoms with Crippen molar-refractivity contribution in [1.82, 2.24) is 24.8 Å². The number of carbonyl (C=O) groups excluding carboxylic acids is 1. The molecule has 1 saturated heterocycles. The quantitative estimate of drug-likeness (QED) is 0.606. The second kappa shape index (κ2) is 8.14. The number of ether oxygens (including phenoxy) is 1. The lowest BCUT2D eigenvalue weighted by molar-refractivity contribution is -0.133. The van der Waals surface area contributed by atoms with Gasteiger partial charge in [0.2, 0.25) is 5.91 Å². The highest BCUT2D eigenvalue weighted by molar-refractivity contribution is 5.92. The number of halogens is 1. The topological polar surface area (TPSA) is 84.3 Å². The van der Waals surface area contributed by atoms with Gasteiger partial charge >= 0.3 is 0 Å². The van der Waals surface area contributed by atoms with E-state index >= 15 is 0 Å². The SMILES string of the molecule is CO[C@@H]1CN(C)C(=O)[C@@H]2C[C@@H](CN2)Nc2cccc(n2)-c2cc(F)cc3nc(C)n(c23)C1. The molecule has 4 bridgehead atoms. The Balaban J connectivity index is 1.68. The Morgan fingerprint density at radius 3 is 2.88 bits per heavy atom. The minimum Gasteiger partial charge on any atom is -0.378 e. The maximum atomic E-state index is 14.5. The summed E-state index contributed by atoms with van der Waals surface area (Å²) in [6.07, 6.45) is 0.415. The number of nitrogens with zero attached hydrogens (tertiary/aromatic N) is 4. The Morgan fingerprint density at radius 1 is 1.22 bits per heavy atom. The predicted octanol–water partition coefficient (Wildman–Crippen LogP) is 2.18. The van der Waals surface area contributed by atoms with E-state index in [1.807, 2.05) is 29.7 Å². The molecule has 0 unspecified atom stereocenters. The first-order valence-corrected chi connectivity index (χ1v) is 10.8. The molecule has 2 N–H and O–H groups in total. The summed E-state index contributed by atoms with van der Waals surface area (Å²) in [5.41, 5.74) is 2.73. The Hall–Kier alpha value is -3.04. The molecule has 8 nitrogen and oxygen atoms in total. The summed E-state index contributed by atoms with van der Waals surface area (Å²) in [6.45, 7) is 3.48. The fraction of sp³-hybridized carbons (Fsp3) is 0.435. The smallest absolute Gasteiger partial charge is 0.239 e. The lowest BCUT2D eigenvalue weighted by Crippen LogP contribution is -2.45. The highest BCUT2D eigenvalue weighted by Gasteiger charge is 2.32. The van der Waals surface area contributed by atoms with Crippen molar-refractivity contribution in [3.05, 3.63) is 42.0 Å². The number of amides is 1. The number of pyridine rings is 1. The molecule has 1 aromatic carbocycles. The van der Waals surface area contributed by atoms with Gasteiger partial charge in [0.05, 0.1) is 35.4 Å². The molecule has 0 saturated carbocycles. The molecule has 0 spiro atoms. The van der Waals surface area contributed by atoms with Crippen LogP contribution in [0, 0.1) is 12.7 Å². The molecule has 4 heterocycles. The van der Waals surface area contributed by atoms with E-state index in [1.165, 1.54) is 12.1 Å². The minimum absolute atomic E-state index is 0.0444. The maximum Gasteiger partial charge on any atom is 0.239 e. The molecule has 32 heavy (non-hydrogen) atoms. The van der Waals surface area contributed by atoms with Crippen molar-refractivity contribution in [3.63, 3.8) is 0 Å². The number of rotatable bonds is 1. The molecule has 1 fully saturated rings. The van der Waals surface area contributed by atoms with E-state index in [2.05, 4.69) is 15.6 Å². The molecular formula is C23H27FN6O2. The van der Waals surface area contributed by atoms with Crippen LogP contribution in [0.1, 0.15) is 12.2 Å². The first-order chi connectivity index (χ1) is 15.4. The largest absolute Gasteiger partial charge is 0.378 e. The van der Waals surface area contributed by atoms with Gasteiger partial charge in [-0.3, -0.25) is 4.79 Å². The molecule has 0 aliphatic carbocycles. The van der Waals surface area contributed by atoms with Crippen molar-refractivity contribution in [2.75, 3.05) is 32.6 Å². The van der Waals surface area contributed by atoms with Crippen LogP contribution < -0.4 is 10.6 Å². The average molecular weight is 439 g/mol. The number of likely N-dealkylation sites (N-methyl/N-ethyl adjacent to an activating group) is 1. The predicted molar refractivity (Wildman–Crippen MR) is 120 cm³/mol. The van der Waals surface area contributed by atoms with Gasteiger partial charge in [0.1, 0.15) is 17.5 Å². The number of imidazole rings is 1. The molecule has 2 aliphatic rings. The molecular weight excluding hydrogens is 411 g/mol. The van der Waals surface area contributed by atoms with Gasteiger partial charge in [0.25, 0.3) is 0 Å². The van der Waals surface area contributed by atoms with Gasteiger partial charge in [-0.05, 0) is 31.5 Å². The molecule has 2 aromatic heterocycles. The van der Waals surface area contributed by atoms with Crippen molar-refractivity contribution >= 4 is 22.8 Å². The standard InChI is InChI=1S/C23H27FN6O2/c1-13-26-19-8-14(24)7-17-18-5-4-6-21(28-18)27-15-9-20(25-10-15)23(31)29(2)11-16(32-3)12-30(13)22(17)19/h4-8,15-16,20,25H,9-12H2,1-3H3,(H,27,28)/t15-,16+,20-/m0/s1. The maximum absolute atomic E-state index is 14.5. The van der Waals surface area contributed by atoms with Gasteiger partial charge in [0.15, 0.2) is 0 Å². The third kappa shape index (κ3) is 3.71. The molecule has 9 heteroatoms. The van der Waals surface area contributed by atoms with Crippen LogP contribution in [0.25, 0.3) is 22.3 Å². The molecule has 2 aliphatic heterocycles. The van der Waals surface area contributed by atoms with Crippen LogP contribution >= 0.6 is 0 Å². The summed E-state index contributed by atoms with van der Waals surface area (Å²) in [5.74, 6) is 1.14. The highest BCUT2D eigenvalue weighted by atomic mass is 19.1. The van der Waals surface area contributed by atoms with E-state index in [4.69, 9.17) is 9.72 Å². The number of hydrogen-bond donors (Lipinski definition) is 2. The van der Waals surface area contributed by atoms with Crippen molar-refractivity contribution in [2.45, 2.75) is 38.1 Å². The van der Waals surface area contributed by atoms with Crippen LogP contribution in [-0.2, 0) is 16.1 Å². The zero-order chi connectivity index (χ0) is 22.4. The first kappa shape index (κ1) is 20.8. The number of hydrogen-bond acceptors (Lipinski definition) is 6. The Bertz CT molecular complexity index is 1180. The molecule has 168 valence electrons. The third-order valence-corrected chi connectivity index (χ3v) is 6.38. The molecule has 0 radical (unpaired) electrons. The fourth-order valence-electron chi connectivity index (χ4n) is 4.75. The normalized spacial score (nSPS) is 23.7. The summed E-state index contributed by atoms with van der Waals surface area (Å²) in [4.78, 5) is 24.1. The summed E-state index contributed by atoms with van der Waals surface area (Å²) in [6, 6.07) is 8.45. The summed E-state index contributed by atoms with van der Waals surface area (Å²) in [7, 11) is 3.45. The van der Waals surface area contributed by atoms with Crippen LogP contribution in [0.3, 0.4) is 0 Å². The van der Waals surface area contributed by atoms with Gasteiger partial charge in [-0.1, -0.05) is 6.07 Å². The Kier molecular flexibility index (Phi) is 5.30. The molecule has 1 amide bonds. The molecule has 3 aromatic rings. The lowest BCUT2D eigenvalue weighted by atomic mass is 10.1. The van der Waals surface area contributed by atoms with Crippen LogP contribution in [-0.4, -0.2) is 70.8 Å². The number of benzene rings is 1. The van der Waals surface area contributed by atoms with Gasteiger partial charge in [0, 0.05) is 44.9 Å². The zero-order valence-corrected chi connectivity index (χ0v) is 18.4. The second-order valence-electron chi connectivity index (χ2n) is 8.61. The monoisotopic (exact) mass is 438 g/mol. The van der Waals surface area contributed by atoms with Gasteiger partial charge in [-0.2, -0.15) is 0 Å². The Morgan fingerprint density at radius 2 is 2.06 bits per heavy atom. The lowest BCUT2D eigenvalue weighted by Gasteiger charge is -2.26. The van der Waals surface area contributed by atoms with E-state index in [0.717, 1.165) is 11.3 Å². The summed E-state index contributed by atoms with van der Waals surface area (Å²) < 4.78 is 22.3. The number of anilines is 1. The van der Waals surface area contributed by atoms with Crippen molar-refractivity contribution in [1.29, 1.82) is 0 Å². The number of aryl methyl sites for hydroxylation is 1. The second-order valence-corrected chi connectivity index (χ2v) is 8.61. The fourth-order valence-corrected chi connectivity index (χ4v) is 4.75. The van der Waals surface area contributed by atoms with E-state index in [1.54, 1.807) is 19.1 Å². The van der Waals surface area contributed by atoms with E-state index < -0.39 is 0 Å². The average Bonchev–Trinajstić information content (AvgIpc) is 3.35. The third-order valence-electron chi connectivity index (χ3n) is 6.38. The van der Waals surface area contributed by atoms with E-state index in [9.17, 15) is 9.18 Å². The van der Waals surface area contributed by atoms with Gasteiger partial charge in [-0.25, -0.2) is 14.4 Å². The van der Waals surface area contributed by atoms with Crippen molar-refractivity contribution < 1.29 is 13.9 Å². The van der Waals surface area contributed by atoms with Gasteiger partial charge < -0.3 is 24.8 Å². The van der Waals surface area contributed by atoms with Gasteiger partial charge in [-0.15, -0.1) is 0 Å². The number of methoxy groups -OCH3 is 1. The van der Waals surface area contributed by atoms with Crippen molar-refractivity contribution in [2.24, 2.45) is 0 Å².